The molecule has 1 aliphatic heterocycles. The van der Waals surface area contributed by atoms with E-state index < -0.39 is 0 Å². The Labute approximate surface area is 196 Å². The number of nitrogens with zero attached hydrogens (tertiary/aromatic N) is 4. The van der Waals surface area contributed by atoms with Gasteiger partial charge in [0, 0.05) is 6.61 Å². The Morgan fingerprint density at radius 2 is 2.25 bits per heavy atom. The van der Waals surface area contributed by atoms with Gasteiger partial charge in [-0.15, -0.1) is 21.5 Å². The molecular formula is C21H20ClN5O3S2. The Balaban J connectivity index is 1.42. The van der Waals surface area contributed by atoms with E-state index in [2.05, 4.69) is 15.5 Å². The van der Waals surface area contributed by atoms with Crippen LogP contribution in [0.3, 0.4) is 0 Å². The monoisotopic (exact) mass is 489 g/mol. The third-order valence-corrected chi connectivity index (χ3v) is 7.46. The van der Waals surface area contributed by atoms with Crippen LogP contribution in [0.25, 0.3) is 16.0 Å². The number of carbonyl (C=O) groups is 1. The topological polar surface area (TPSA) is 90.5 Å². The van der Waals surface area contributed by atoms with Crippen molar-refractivity contribution in [1.29, 1.82) is 0 Å². The molecule has 3 aromatic heterocycles. The lowest BCUT2D eigenvalue weighted by Gasteiger charge is -2.13. The van der Waals surface area contributed by atoms with Gasteiger partial charge in [0.05, 0.1) is 34.6 Å². The van der Waals surface area contributed by atoms with Crippen LogP contribution < -0.4 is 10.9 Å². The Hall–Kier alpha value is -2.40. The number of ether oxygens (including phenoxy) is 1. The lowest BCUT2D eigenvalue weighted by molar-refractivity contribution is -0.113. The molecule has 32 heavy (non-hydrogen) atoms. The Kier molecular flexibility index (Phi) is 5.93. The fourth-order valence-corrected chi connectivity index (χ4v) is 5.63. The molecule has 1 N–H and O–H groups in total. The quantitative estimate of drug-likeness (QED) is 0.412. The molecule has 5 rings (SSSR count). The Morgan fingerprint density at radius 3 is 3.03 bits per heavy atom. The maximum atomic E-state index is 13.1. The molecule has 4 aromatic rings. The van der Waals surface area contributed by atoms with Crippen LogP contribution in [0.4, 0.5) is 5.69 Å². The number of nitrogens with one attached hydrogen (secondary N) is 1. The number of halogens is 1. The summed E-state index contributed by atoms with van der Waals surface area (Å²) < 4.78 is 9.85. The average molecular weight is 490 g/mol. The van der Waals surface area contributed by atoms with Gasteiger partial charge in [0.2, 0.25) is 11.7 Å². The number of fused-ring (bicyclic) bond motifs is 3. The SMILES string of the molecule is Cc1ccc(NC(=O)CSc2nnc3n(C[C@@H]4CCCO4)c(=O)c4sccc4n23)c(Cl)c1. The first kappa shape index (κ1) is 21.4. The van der Waals surface area contributed by atoms with Gasteiger partial charge in [0.1, 0.15) is 4.70 Å². The number of hydrogen-bond donors (Lipinski definition) is 1. The molecule has 1 aliphatic rings. The van der Waals surface area contributed by atoms with Crippen molar-refractivity contribution in [2.75, 3.05) is 17.7 Å². The molecule has 11 heteroatoms. The number of amides is 1. The van der Waals surface area contributed by atoms with Gasteiger partial charge in [0.25, 0.3) is 5.56 Å². The van der Waals surface area contributed by atoms with Crippen LogP contribution in [0.1, 0.15) is 18.4 Å². The van der Waals surface area contributed by atoms with Crippen molar-refractivity contribution in [3.05, 3.63) is 50.6 Å². The zero-order valence-electron chi connectivity index (χ0n) is 17.2. The summed E-state index contributed by atoms with van der Waals surface area (Å²) in [6, 6.07) is 7.36. The third kappa shape index (κ3) is 4.03. The van der Waals surface area contributed by atoms with Crippen LogP contribution in [-0.4, -0.2) is 43.5 Å². The summed E-state index contributed by atoms with van der Waals surface area (Å²) in [4.78, 5) is 25.6. The number of hydrogen-bond acceptors (Lipinski definition) is 7. The molecule has 166 valence electrons. The predicted octanol–water partition coefficient (Wildman–Crippen LogP) is 3.98. The number of aromatic nitrogens is 4. The second-order valence-corrected chi connectivity index (χ2v) is 9.89. The van der Waals surface area contributed by atoms with Gasteiger partial charge in [0.15, 0.2) is 5.16 Å². The minimum absolute atomic E-state index is 0.00764. The van der Waals surface area contributed by atoms with Gasteiger partial charge in [-0.1, -0.05) is 29.4 Å². The third-order valence-electron chi connectivity index (χ3n) is 5.32. The van der Waals surface area contributed by atoms with Gasteiger partial charge in [-0.25, -0.2) is 0 Å². The fourth-order valence-electron chi connectivity index (χ4n) is 3.79. The maximum Gasteiger partial charge on any atom is 0.272 e. The van der Waals surface area contributed by atoms with Crippen LogP contribution in [0, 0.1) is 6.92 Å². The van der Waals surface area contributed by atoms with E-state index in [-0.39, 0.29) is 23.3 Å². The highest BCUT2D eigenvalue weighted by atomic mass is 35.5. The molecule has 0 unspecified atom stereocenters. The molecule has 4 heterocycles. The lowest BCUT2D eigenvalue weighted by Crippen LogP contribution is -2.28. The maximum absolute atomic E-state index is 13.1. The zero-order chi connectivity index (χ0) is 22.2. The van der Waals surface area contributed by atoms with E-state index in [0.717, 1.165) is 23.9 Å². The van der Waals surface area contributed by atoms with Crippen LogP contribution in [0.2, 0.25) is 5.02 Å². The van der Waals surface area contributed by atoms with Crippen molar-refractivity contribution in [2.24, 2.45) is 0 Å². The van der Waals surface area contributed by atoms with Gasteiger partial charge in [-0.3, -0.25) is 18.6 Å². The van der Waals surface area contributed by atoms with E-state index in [4.69, 9.17) is 16.3 Å². The number of thioether (sulfide) groups is 1. The number of thiophene rings is 1. The highest BCUT2D eigenvalue weighted by Crippen LogP contribution is 2.26. The lowest BCUT2D eigenvalue weighted by atomic mass is 10.2. The van der Waals surface area contributed by atoms with Gasteiger partial charge >= 0.3 is 0 Å². The number of aryl methyl sites for hydroxylation is 1. The summed E-state index contributed by atoms with van der Waals surface area (Å²) in [7, 11) is 0. The molecule has 0 saturated carbocycles. The smallest absolute Gasteiger partial charge is 0.272 e. The highest BCUT2D eigenvalue weighted by molar-refractivity contribution is 7.99. The summed E-state index contributed by atoms with van der Waals surface area (Å²) in [5.41, 5.74) is 2.24. The van der Waals surface area contributed by atoms with E-state index >= 15 is 0 Å². The van der Waals surface area contributed by atoms with Crippen molar-refractivity contribution in [2.45, 2.75) is 37.6 Å². The van der Waals surface area contributed by atoms with Crippen LogP contribution in [0.15, 0.2) is 39.6 Å². The summed E-state index contributed by atoms with van der Waals surface area (Å²) in [6.07, 6.45) is 1.90. The summed E-state index contributed by atoms with van der Waals surface area (Å²) in [5.74, 6) is 0.384. The second kappa shape index (κ2) is 8.86. The first-order valence-electron chi connectivity index (χ1n) is 10.2. The molecule has 8 nitrogen and oxygen atoms in total. The number of anilines is 1. The fraction of sp³-hybridized carbons (Fsp3) is 0.333. The number of carbonyl (C=O) groups excluding carboxylic acids is 1. The van der Waals surface area contributed by atoms with Crippen LogP contribution >= 0.6 is 34.7 Å². The van der Waals surface area contributed by atoms with Crippen LogP contribution in [-0.2, 0) is 16.1 Å². The summed E-state index contributed by atoms with van der Waals surface area (Å²) >= 11 is 8.87. The number of rotatable bonds is 6. The average Bonchev–Trinajstić information content (AvgIpc) is 3.52. The van der Waals surface area contributed by atoms with Gasteiger partial charge < -0.3 is 10.1 Å². The first-order chi connectivity index (χ1) is 15.5. The summed E-state index contributed by atoms with van der Waals surface area (Å²) in [5, 5.41) is 14.3. The molecule has 0 aliphatic carbocycles. The van der Waals surface area contributed by atoms with Crippen molar-refractivity contribution in [3.63, 3.8) is 0 Å². The second-order valence-electron chi connectivity index (χ2n) is 7.62. The first-order valence-corrected chi connectivity index (χ1v) is 12.4. The molecule has 1 amide bonds. The van der Waals surface area contributed by atoms with Crippen LogP contribution in [0.5, 0.6) is 0 Å². The molecule has 0 radical (unpaired) electrons. The summed E-state index contributed by atoms with van der Waals surface area (Å²) in [6.45, 7) is 3.09. The molecule has 1 saturated heterocycles. The zero-order valence-corrected chi connectivity index (χ0v) is 19.6. The van der Waals surface area contributed by atoms with Crippen molar-refractivity contribution >= 4 is 62.3 Å². The minimum atomic E-state index is -0.202. The molecule has 1 aromatic carbocycles. The predicted molar refractivity (Wildman–Crippen MR) is 127 cm³/mol. The van der Waals surface area contributed by atoms with E-state index in [0.29, 0.717) is 39.5 Å². The highest BCUT2D eigenvalue weighted by Gasteiger charge is 2.23. The molecular weight excluding hydrogens is 470 g/mol. The van der Waals surface area contributed by atoms with E-state index in [1.807, 2.05) is 28.8 Å². The van der Waals surface area contributed by atoms with E-state index in [1.54, 1.807) is 16.7 Å². The molecule has 1 atom stereocenters. The molecule has 0 bridgehead atoms. The standard InChI is InChI=1S/C21H20ClN5O3S2/c1-12-4-5-15(14(22)9-12)23-17(28)11-32-21-25-24-20-26(10-13-3-2-7-30-13)19(29)18-16(27(20)21)6-8-31-18/h4-6,8-9,13H,2-3,7,10-11H2,1H3,(H,23,28)/t13-/m0/s1. The largest absolute Gasteiger partial charge is 0.376 e. The molecule has 1 fully saturated rings. The van der Waals surface area contributed by atoms with E-state index in [9.17, 15) is 9.59 Å². The number of benzene rings is 1. The van der Waals surface area contributed by atoms with Crippen molar-refractivity contribution in [1.82, 2.24) is 19.2 Å². The normalized spacial score (nSPS) is 16.2. The Bertz CT molecular complexity index is 1370. The van der Waals surface area contributed by atoms with Crippen molar-refractivity contribution in [3.8, 4) is 0 Å². The van der Waals surface area contributed by atoms with E-state index in [1.165, 1.54) is 23.1 Å². The van der Waals surface area contributed by atoms with Crippen molar-refractivity contribution < 1.29 is 9.53 Å². The van der Waals surface area contributed by atoms with Gasteiger partial charge in [-0.2, -0.15) is 0 Å². The minimum Gasteiger partial charge on any atom is -0.376 e. The molecule has 0 spiro atoms. The van der Waals surface area contributed by atoms with Gasteiger partial charge in [-0.05, 0) is 48.9 Å². The Morgan fingerprint density at radius 1 is 1.38 bits per heavy atom.